The Hall–Kier alpha value is -4.58. The Morgan fingerprint density at radius 3 is 2.58 bits per heavy atom. The number of carboxylic acids is 1. The quantitative estimate of drug-likeness (QED) is 0.108. The lowest BCUT2D eigenvalue weighted by molar-refractivity contribution is -0.145. The van der Waals surface area contributed by atoms with Crippen molar-refractivity contribution in [2.75, 3.05) is 33.9 Å². The number of aliphatic hydroxyl groups excluding tert-OH is 1. The maximum atomic E-state index is 12.9. The van der Waals surface area contributed by atoms with Gasteiger partial charge in [0, 0.05) is 49.8 Å². The zero-order valence-electron chi connectivity index (χ0n) is 28.3. The fourth-order valence-electron chi connectivity index (χ4n) is 6.72. The molecule has 1 unspecified atom stereocenters. The second-order valence-electron chi connectivity index (χ2n) is 12.9. The second kappa shape index (κ2) is 16.4. The number of H-pyrrole nitrogens is 1. The van der Waals surface area contributed by atoms with Crippen LogP contribution in [0.5, 0.6) is 17.2 Å². The van der Waals surface area contributed by atoms with E-state index in [1.54, 1.807) is 36.2 Å². The normalized spacial score (nSPS) is 14.6. The Bertz CT molecular complexity index is 1890. The number of aromatic hydroxyl groups is 1. The minimum absolute atomic E-state index is 0.0824. The van der Waals surface area contributed by atoms with Crippen molar-refractivity contribution in [1.29, 1.82) is 0 Å². The molecule has 266 valence electrons. The number of benzene rings is 3. The monoisotopic (exact) mass is 705 g/mol. The van der Waals surface area contributed by atoms with Crippen LogP contribution in [0.4, 0.5) is 0 Å². The third kappa shape index (κ3) is 8.40. The number of likely N-dealkylation sites (N-methyl/N-ethyl adjacent to an activating group) is 1. The number of aromatic amines is 1. The van der Waals surface area contributed by atoms with Crippen LogP contribution in [0.2, 0.25) is 5.02 Å². The average Bonchev–Trinajstić information content (AvgIpc) is 3.11. The van der Waals surface area contributed by atoms with E-state index in [1.165, 1.54) is 19.2 Å². The molecule has 1 fully saturated rings. The van der Waals surface area contributed by atoms with Crippen LogP contribution in [-0.2, 0) is 28.0 Å². The molecule has 3 aromatic carbocycles. The first-order valence-corrected chi connectivity index (χ1v) is 17.2. The lowest BCUT2D eigenvalue weighted by atomic mass is 9.69. The number of carboxylic acid groups (broad SMARTS) is 1. The Kier molecular flexibility index (Phi) is 12.0. The topological polar surface area (TPSA) is 161 Å². The summed E-state index contributed by atoms with van der Waals surface area (Å²) in [6.07, 6.45) is 4.71. The zero-order valence-corrected chi connectivity index (χ0v) is 29.1. The number of rotatable bonds is 15. The van der Waals surface area contributed by atoms with Crippen LogP contribution < -0.4 is 20.3 Å². The minimum Gasteiger partial charge on any atom is -0.506 e. The summed E-state index contributed by atoms with van der Waals surface area (Å²) in [5, 5.41) is 35.1. The number of phenolic OH excluding ortho intramolecular Hbond substituents is 1. The number of nitrogens with one attached hydrogen (secondary N) is 2. The van der Waals surface area contributed by atoms with Crippen LogP contribution in [0.25, 0.3) is 10.9 Å². The molecule has 50 heavy (non-hydrogen) atoms. The molecule has 1 aliphatic carbocycles. The summed E-state index contributed by atoms with van der Waals surface area (Å²) >= 11 is 6.53. The number of phenols is 1. The maximum Gasteiger partial charge on any atom is 0.314 e. The van der Waals surface area contributed by atoms with Crippen LogP contribution in [0, 0.1) is 0 Å². The number of ether oxygens (including phenoxy) is 2. The summed E-state index contributed by atoms with van der Waals surface area (Å²) < 4.78 is 11.3. The highest BCUT2D eigenvalue weighted by Crippen LogP contribution is 2.40. The molecule has 12 heteroatoms. The molecular weight excluding hydrogens is 662 g/mol. The first-order valence-electron chi connectivity index (χ1n) is 16.8. The Balaban J connectivity index is 1.11. The molecule has 0 bridgehead atoms. The molecule has 1 amide bonds. The van der Waals surface area contributed by atoms with Crippen LogP contribution >= 0.6 is 11.6 Å². The molecule has 0 aliphatic heterocycles. The third-order valence-corrected chi connectivity index (χ3v) is 9.88. The number of carbonyl (C=O) groups is 2. The van der Waals surface area contributed by atoms with Gasteiger partial charge in [0.1, 0.15) is 17.2 Å². The Morgan fingerprint density at radius 1 is 1.06 bits per heavy atom. The van der Waals surface area contributed by atoms with E-state index < -0.39 is 17.5 Å². The minimum atomic E-state index is -0.938. The van der Waals surface area contributed by atoms with Gasteiger partial charge in [0.2, 0.25) is 5.56 Å². The Labute approximate surface area is 295 Å². The summed E-state index contributed by atoms with van der Waals surface area (Å²) in [6, 6.07) is 17.1. The van der Waals surface area contributed by atoms with Gasteiger partial charge < -0.3 is 40.0 Å². The van der Waals surface area contributed by atoms with Crippen molar-refractivity contribution < 1.29 is 34.4 Å². The summed E-state index contributed by atoms with van der Waals surface area (Å²) in [5.41, 5.74) is 2.27. The standard InChI is InChI=1S/C38H44ClN3O8/c1-42(17-7-9-24-8-6-10-26(18-24)38(37(47)48)15-4-3-5-16-38)35(46)23-50-33-20-32(49-2)25(19-29(33)39)21-40-22-31(44)27-11-13-30(43)36-28(27)12-14-34(45)41-36/h6,8,10-14,18-20,31,40,43-44H,3-5,7,9,15-17,21-23H2,1-2H3,(H,41,45)(H,47,48). The first-order chi connectivity index (χ1) is 24.0. The number of hydrogen-bond donors (Lipinski definition) is 5. The number of nitrogens with zero attached hydrogens (tertiary/aromatic N) is 1. The SMILES string of the molecule is COc1cc(OCC(=O)N(C)CCCc2cccc(C3(C(=O)O)CCCCC3)c2)c(Cl)cc1CNCC(O)c1ccc(O)c2[nH]c(=O)ccc12. The number of pyridine rings is 1. The largest absolute Gasteiger partial charge is 0.506 e. The van der Waals surface area contributed by atoms with Gasteiger partial charge in [-0.25, -0.2) is 0 Å². The number of aliphatic hydroxyl groups is 1. The van der Waals surface area contributed by atoms with Gasteiger partial charge in [-0.15, -0.1) is 0 Å². The zero-order chi connectivity index (χ0) is 35.8. The summed E-state index contributed by atoms with van der Waals surface area (Å²) in [6.45, 7) is 0.746. The Morgan fingerprint density at radius 2 is 1.84 bits per heavy atom. The van der Waals surface area contributed by atoms with Crippen LogP contribution in [-0.4, -0.2) is 70.9 Å². The third-order valence-electron chi connectivity index (χ3n) is 9.59. The average molecular weight is 706 g/mol. The van der Waals surface area contributed by atoms with E-state index in [0.717, 1.165) is 30.4 Å². The molecule has 1 aromatic heterocycles. The predicted molar refractivity (Wildman–Crippen MR) is 191 cm³/mol. The van der Waals surface area contributed by atoms with Gasteiger partial charge >= 0.3 is 5.97 Å². The second-order valence-corrected chi connectivity index (χ2v) is 13.3. The van der Waals surface area contributed by atoms with Gasteiger partial charge in [-0.1, -0.05) is 61.2 Å². The highest BCUT2D eigenvalue weighted by molar-refractivity contribution is 6.32. The number of methoxy groups -OCH3 is 1. The van der Waals surface area contributed by atoms with E-state index in [4.69, 9.17) is 21.1 Å². The fourth-order valence-corrected chi connectivity index (χ4v) is 6.96. The number of carbonyl (C=O) groups excluding carboxylic acids is 1. The van der Waals surface area contributed by atoms with Crippen molar-refractivity contribution in [3.8, 4) is 17.2 Å². The van der Waals surface area contributed by atoms with E-state index in [9.17, 15) is 29.7 Å². The highest BCUT2D eigenvalue weighted by atomic mass is 35.5. The van der Waals surface area contributed by atoms with Gasteiger partial charge in [-0.3, -0.25) is 14.4 Å². The van der Waals surface area contributed by atoms with Gasteiger partial charge in [-0.05, 0) is 60.6 Å². The van der Waals surface area contributed by atoms with Crippen LogP contribution in [0.15, 0.2) is 65.5 Å². The molecule has 1 heterocycles. The summed E-state index contributed by atoms with van der Waals surface area (Å²) in [4.78, 5) is 41.1. The molecule has 0 spiro atoms. The highest BCUT2D eigenvalue weighted by Gasteiger charge is 2.41. The molecule has 11 nitrogen and oxygen atoms in total. The van der Waals surface area contributed by atoms with Crippen molar-refractivity contribution in [3.05, 3.63) is 98.3 Å². The van der Waals surface area contributed by atoms with Gasteiger partial charge in [-0.2, -0.15) is 0 Å². The van der Waals surface area contributed by atoms with Crippen molar-refractivity contribution in [2.45, 2.75) is 63.0 Å². The number of aromatic nitrogens is 1. The maximum absolute atomic E-state index is 12.9. The van der Waals surface area contributed by atoms with Gasteiger partial charge in [0.25, 0.3) is 5.91 Å². The first kappa shape index (κ1) is 36.7. The lowest BCUT2D eigenvalue weighted by Crippen LogP contribution is -2.37. The molecule has 1 saturated carbocycles. The van der Waals surface area contributed by atoms with Crippen LogP contribution in [0.1, 0.15) is 66.9 Å². The van der Waals surface area contributed by atoms with Crippen molar-refractivity contribution in [3.63, 3.8) is 0 Å². The van der Waals surface area contributed by atoms with E-state index in [-0.39, 0.29) is 35.9 Å². The molecule has 4 aromatic rings. The summed E-state index contributed by atoms with van der Waals surface area (Å²) in [7, 11) is 3.23. The van der Waals surface area contributed by atoms with Crippen molar-refractivity contribution >= 4 is 34.4 Å². The number of aryl methyl sites for hydroxylation is 1. The predicted octanol–water partition coefficient (Wildman–Crippen LogP) is 5.48. The summed E-state index contributed by atoms with van der Waals surface area (Å²) in [5.74, 6) is -0.265. The van der Waals surface area contributed by atoms with E-state index in [1.807, 2.05) is 24.3 Å². The van der Waals surface area contributed by atoms with Crippen LogP contribution in [0.3, 0.4) is 0 Å². The number of halogens is 1. The number of aliphatic carboxylic acids is 1. The van der Waals surface area contributed by atoms with E-state index >= 15 is 0 Å². The van der Waals surface area contributed by atoms with Gasteiger partial charge in [0.05, 0.1) is 29.2 Å². The molecule has 1 atom stereocenters. The molecular formula is C38H44ClN3O8. The molecule has 5 N–H and O–H groups in total. The fraction of sp³-hybridized carbons (Fsp3) is 0.395. The molecule has 0 saturated heterocycles. The smallest absolute Gasteiger partial charge is 0.314 e. The molecule has 0 radical (unpaired) electrons. The number of amides is 1. The molecule has 1 aliphatic rings. The molecule has 5 rings (SSSR count). The van der Waals surface area contributed by atoms with E-state index in [2.05, 4.69) is 10.3 Å². The number of fused-ring (bicyclic) bond motifs is 1. The lowest BCUT2D eigenvalue weighted by Gasteiger charge is -2.34. The van der Waals surface area contributed by atoms with Crippen molar-refractivity contribution in [1.82, 2.24) is 15.2 Å². The van der Waals surface area contributed by atoms with E-state index in [0.29, 0.717) is 71.8 Å². The van der Waals surface area contributed by atoms with Gasteiger partial charge in [0.15, 0.2) is 6.61 Å². The van der Waals surface area contributed by atoms with Crippen molar-refractivity contribution in [2.24, 2.45) is 0 Å². The number of hydrogen-bond acceptors (Lipinski definition) is 8.